The summed E-state index contributed by atoms with van der Waals surface area (Å²) >= 11 is 0. The van der Waals surface area contributed by atoms with Gasteiger partial charge in [-0.2, -0.15) is 0 Å². The van der Waals surface area contributed by atoms with E-state index in [1.165, 1.54) is 24.3 Å². The largest absolute Gasteiger partial charge is 0.365 e. The van der Waals surface area contributed by atoms with E-state index in [9.17, 15) is 23.2 Å². The summed E-state index contributed by atoms with van der Waals surface area (Å²) in [5, 5.41) is 2.82. The van der Waals surface area contributed by atoms with E-state index in [-0.39, 0.29) is 29.3 Å². The Labute approximate surface area is 184 Å². The number of nitrogens with two attached hydrogens (primary N) is 1. The lowest BCUT2D eigenvalue weighted by Crippen LogP contribution is -2.49. The first-order valence-electron chi connectivity index (χ1n) is 10.6. The van der Waals surface area contributed by atoms with Gasteiger partial charge < -0.3 is 16.0 Å². The molecule has 4 rings (SSSR count). The summed E-state index contributed by atoms with van der Waals surface area (Å²) in [4.78, 5) is 38.5. The molecule has 0 saturated carbocycles. The van der Waals surface area contributed by atoms with Gasteiger partial charge in [-0.15, -0.1) is 0 Å². The maximum Gasteiger partial charge on any atom is 0.317 e. The number of carbonyl (C=O) groups is 3. The number of piperidine rings is 1. The van der Waals surface area contributed by atoms with Crippen LogP contribution in [0.3, 0.4) is 0 Å². The minimum Gasteiger partial charge on any atom is -0.365 e. The van der Waals surface area contributed by atoms with Gasteiger partial charge in [0.2, 0.25) is 0 Å². The molecule has 1 aliphatic heterocycles. The molecule has 0 bridgehead atoms. The number of carbonyl (C=O) groups excluding carboxylic acids is 3. The normalized spacial score (nSPS) is 17.2. The molecule has 0 radical (unpaired) electrons. The number of amides is 3. The number of Topliss-reactive ketones (excluding diaryl/α,β-unsaturated/α-hetero) is 1. The molecule has 1 spiro atoms. The maximum absolute atomic E-state index is 13.8. The van der Waals surface area contributed by atoms with Crippen molar-refractivity contribution < 1.29 is 23.2 Å². The summed E-state index contributed by atoms with van der Waals surface area (Å²) in [6, 6.07) is 6.82. The van der Waals surface area contributed by atoms with Crippen molar-refractivity contribution in [2.45, 2.75) is 39.2 Å². The Morgan fingerprint density at radius 3 is 2.53 bits per heavy atom. The highest BCUT2D eigenvalue weighted by Crippen LogP contribution is 2.43. The molecule has 168 valence electrons. The van der Waals surface area contributed by atoms with Crippen molar-refractivity contribution >= 4 is 17.7 Å². The predicted octanol–water partition coefficient (Wildman–Crippen LogP) is 3.49. The molecular formula is C24H25F2N3O3. The number of hydrogen-bond donors (Lipinski definition) is 2. The first-order valence-corrected chi connectivity index (χ1v) is 10.6. The molecule has 1 saturated heterocycles. The molecule has 2 aromatic rings. The third kappa shape index (κ3) is 4.09. The quantitative estimate of drug-likeness (QED) is 0.764. The number of ketones is 1. The monoisotopic (exact) mass is 441 g/mol. The van der Waals surface area contributed by atoms with Crippen molar-refractivity contribution in [3.63, 3.8) is 0 Å². The molecule has 6 nitrogen and oxygen atoms in total. The number of halogens is 2. The van der Waals surface area contributed by atoms with Gasteiger partial charge in [0, 0.05) is 31.6 Å². The number of nitrogens with one attached hydrogen (secondary N) is 1. The third-order valence-electron chi connectivity index (χ3n) is 6.79. The Morgan fingerprint density at radius 1 is 1.12 bits per heavy atom. The van der Waals surface area contributed by atoms with Gasteiger partial charge in [0.1, 0.15) is 11.6 Å². The number of hydrogen-bond acceptors (Lipinski definition) is 3. The van der Waals surface area contributed by atoms with Crippen LogP contribution in [0.25, 0.3) is 0 Å². The number of urea groups is 1. The molecule has 3 N–H and O–H groups in total. The SMILES string of the molecule is Cc1c(CNC(=O)N2CCC3(CC2)CC(=O)c2cc(F)ccc2C3)ccc(F)c1C(N)=O. The highest BCUT2D eigenvalue weighted by Gasteiger charge is 2.41. The number of nitrogens with zero attached hydrogens (tertiary/aromatic N) is 1. The second kappa shape index (κ2) is 8.33. The average Bonchev–Trinajstić information content (AvgIpc) is 2.74. The first kappa shape index (κ1) is 21.9. The van der Waals surface area contributed by atoms with Crippen LogP contribution >= 0.6 is 0 Å². The Bertz CT molecular complexity index is 1110. The van der Waals surface area contributed by atoms with Crippen LogP contribution in [-0.4, -0.2) is 35.7 Å². The Balaban J connectivity index is 1.38. The maximum atomic E-state index is 13.8. The fraction of sp³-hybridized carbons (Fsp3) is 0.375. The second-order valence-electron chi connectivity index (χ2n) is 8.79. The van der Waals surface area contributed by atoms with Crippen LogP contribution in [0.4, 0.5) is 13.6 Å². The molecule has 32 heavy (non-hydrogen) atoms. The van der Waals surface area contributed by atoms with E-state index in [4.69, 9.17) is 5.73 Å². The van der Waals surface area contributed by atoms with Crippen LogP contribution in [0.2, 0.25) is 0 Å². The van der Waals surface area contributed by atoms with Crippen molar-refractivity contribution in [2.75, 3.05) is 13.1 Å². The van der Waals surface area contributed by atoms with Crippen LogP contribution in [-0.2, 0) is 13.0 Å². The third-order valence-corrected chi connectivity index (χ3v) is 6.79. The summed E-state index contributed by atoms with van der Waals surface area (Å²) in [6.45, 7) is 2.75. The molecule has 1 heterocycles. The van der Waals surface area contributed by atoms with E-state index >= 15 is 0 Å². The van der Waals surface area contributed by atoms with E-state index in [2.05, 4.69) is 5.32 Å². The first-order chi connectivity index (χ1) is 15.2. The van der Waals surface area contributed by atoms with Crippen LogP contribution in [0, 0.1) is 24.0 Å². The van der Waals surface area contributed by atoms with E-state index in [1.807, 2.05) is 0 Å². The van der Waals surface area contributed by atoms with E-state index in [0.717, 1.165) is 5.56 Å². The van der Waals surface area contributed by atoms with Crippen molar-refractivity contribution in [1.29, 1.82) is 0 Å². The van der Waals surface area contributed by atoms with Crippen LogP contribution < -0.4 is 11.1 Å². The molecule has 3 amide bonds. The molecule has 2 aromatic carbocycles. The van der Waals surface area contributed by atoms with Gasteiger partial charge in [0.25, 0.3) is 5.91 Å². The van der Waals surface area contributed by atoms with Gasteiger partial charge in [0.05, 0.1) is 5.56 Å². The fourth-order valence-corrected chi connectivity index (χ4v) is 4.90. The average molecular weight is 441 g/mol. The van der Waals surface area contributed by atoms with E-state index in [1.54, 1.807) is 17.9 Å². The van der Waals surface area contributed by atoms with Crippen LogP contribution in [0.15, 0.2) is 30.3 Å². The number of rotatable bonds is 3. The molecule has 0 aromatic heterocycles. The van der Waals surface area contributed by atoms with Gasteiger partial charge in [-0.05, 0) is 66.5 Å². The van der Waals surface area contributed by atoms with E-state index in [0.29, 0.717) is 55.5 Å². The molecule has 8 heteroatoms. The Hall–Kier alpha value is -3.29. The topological polar surface area (TPSA) is 92.5 Å². The fourth-order valence-electron chi connectivity index (χ4n) is 4.90. The molecule has 2 aliphatic rings. The summed E-state index contributed by atoms with van der Waals surface area (Å²) in [7, 11) is 0. The van der Waals surface area contributed by atoms with Crippen molar-refractivity contribution in [3.8, 4) is 0 Å². The zero-order chi connectivity index (χ0) is 23.0. The van der Waals surface area contributed by atoms with Crippen molar-refractivity contribution in [3.05, 3.63) is 69.8 Å². The van der Waals surface area contributed by atoms with Crippen molar-refractivity contribution in [1.82, 2.24) is 10.2 Å². The van der Waals surface area contributed by atoms with Crippen LogP contribution in [0.5, 0.6) is 0 Å². The zero-order valence-electron chi connectivity index (χ0n) is 17.8. The lowest BCUT2D eigenvalue weighted by molar-refractivity contribution is 0.0735. The van der Waals surface area contributed by atoms with Crippen LogP contribution in [0.1, 0.15) is 56.7 Å². The Morgan fingerprint density at radius 2 is 1.84 bits per heavy atom. The minimum absolute atomic E-state index is 0.0410. The summed E-state index contributed by atoms with van der Waals surface area (Å²) in [5.74, 6) is -1.97. The molecule has 1 fully saturated rings. The molecule has 0 unspecified atom stereocenters. The highest BCUT2D eigenvalue weighted by molar-refractivity contribution is 5.99. The summed E-state index contributed by atoms with van der Waals surface area (Å²) in [6.07, 6.45) is 2.44. The van der Waals surface area contributed by atoms with Gasteiger partial charge in [-0.1, -0.05) is 12.1 Å². The summed E-state index contributed by atoms with van der Waals surface area (Å²) < 4.78 is 27.3. The zero-order valence-corrected chi connectivity index (χ0v) is 17.8. The van der Waals surface area contributed by atoms with Gasteiger partial charge in [-0.25, -0.2) is 13.6 Å². The predicted molar refractivity (Wildman–Crippen MR) is 114 cm³/mol. The second-order valence-corrected chi connectivity index (χ2v) is 8.79. The molecule has 0 atom stereocenters. The smallest absolute Gasteiger partial charge is 0.317 e. The number of fused-ring (bicyclic) bond motifs is 1. The number of primary amides is 1. The van der Waals surface area contributed by atoms with Gasteiger partial charge in [-0.3, -0.25) is 9.59 Å². The van der Waals surface area contributed by atoms with Gasteiger partial charge >= 0.3 is 6.03 Å². The lowest BCUT2D eigenvalue weighted by atomic mass is 9.66. The molecular weight excluding hydrogens is 416 g/mol. The summed E-state index contributed by atoms with van der Waals surface area (Å²) in [5.41, 5.74) is 7.25. The van der Waals surface area contributed by atoms with Gasteiger partial charge in [0.15, 0.2) is 5.78 Å². The highest BCUT2D eigenvalue weighted by atomic mass is 19.1. The standard InChI is InChI=1S/C24H25F2N3O3/c1-14-16(3-5-19(26)21(14)22(27)31)13-28-23(32)29-8-6-24(7-9-29)11-15-2-4-17(25)10-18(15)20(30)12-24/h2-5,10H,6-9,11-13H2,1H3,(H2,27,31)(H,28,32). The van der Waals surface area contributed by atoms with Crippen molar-refractivity contribution in [2.24, 2.45) is 11.1 Å². The number of likely N-dealkylation sites (tertiary alicyclic amines) is 1. The Kier molecular flexibility index (Phi) is 5.71. The number of benzene rings is 2. The van der Waals surface area contributed by atoms with E-state index < -0.39 is 17.5 Å². The molecule has 1 aliphatic carbocycles. The lowest BCUT2D eigenvalue weighted by Gasteiger charge is -2.44. The minimum atomic E-state index is -0.846.